The number of amides is 1. The summed E-state index contributed by atoms with van der Waals surface area (Å²) in [6.07, 6.45) is 0. The summed E-state index contributed by atoms with van der Waals surface area (Å²) in [5.41, 5.74) is 0.798. The second kappa shape index (κ2) is 12.4. The molecular formula is C22H37N5O3. The lowest BCUT2D eigenvalue weighted by molar-refractivity contribution is -0.121. The molecule has 0 saturated carbocycles. The van der Waals surface area contributed by atoms with Gasteiger partial charge < -0.3 is 25.4 Å². The van der Waals surface area contributed by atoms with Gasteiger partial charge in [-0.1, -0.05) is 12.1 Å². The molecule has 0 aliphatic carbocycles. The van der Waals surface area contributed by atoms with Gasteiger partial charge in [-0.05, 0) is 45.4 Å². The quantitative estimate of drug-likeness (QED) is 0.414. The Bertz CT molecular complexity index is 682. The van der Waals surface area contributed by atoms with Gasteiger partial charge in [0.1, 0.15) is 12.4 Å². The number of nitrogens with one attached hydrogen (secondary N) is 3. The average molecular weight is 420 g/mol. The average Bonchev–Trinajstić information content (AvgIpc) is 2.70. The third-order valence-electron chi connectivity index (χ3n) is 4.37. The number of hydrogen-bond acceptors (Lipinski definition) is 5. The Kier molecular flexibility index (Phi) is 9.89. The van der Waals surface area contributed by atoms with E-state index in [2.05, 4.69) is 25.8 Å². The minimum Gasteiger partial charge on any atom is -0.492 e. The number of rotatable bonds is 9. The van der Waals surface area contributed by atoms with Crippen LogP contribution in [0.5, 0.6) is 5.75 Å². The van der Waals surface area contributed by atoms with E-state index >= 15 is 0 Å². The number of carbonyl (C=O) groups excluding carboxylic acids is 1. The van der Waals surface area contributed by atoms with Crippen LogP contribution in [0.4, 0.5) is 0 Å². The number of guanidine groups is 1. The van der Waals surface area contributed by atoms with E-state index in [1.165, 1.54) is 0 Å². The molecule has 0 bridgehead atoms. The Balaban J connectivity index is 1.82. The molecule has 1 saturated heterocycles. The third kappa shape index (κ3) is 9.93. The molecule has 1 aliphatic heterocycles. The van der Waals surface area contributed by atoms with Crippen LogP contribution in [0.3, 0.4) is 0 Å². The maximum atomic E-state index is 12.0. The van der Waals surface area contributed by atoms with Gasteiger partial charge in [0.15, 0.2) is 5.96 Å². The molecule has 1 aliphatic rings. The number of ether oxygens (including phenoxy) is 2. The van der Waals surface area contributed by atoms with Crippen LogP contribution in [0.25, 0.3) is 0 Å². The number of benzene rings is 1. The van der Waals surface area contributed by atoms with Crippen molar-refractivity contribution in [3.05, 3.63) is 29.8 Å². The van der Waals surface area contributed by atoms with Crippen molar-refractivity contribution in [3.63, 3.8) is 0 Å². The molecule has 8 nitrogen and oxygen atoms in total. The van der Waals surface area contributed by atoms with Crippen molar-refractivity contribution in [2.24, 2.45) is 4.99 Å². The molecule has 0 unspecified atom stereocenters. The van der Waals surface area contributed by atoms with E-state index < -0.39 is 0 Å². The summed E-state index contributed by atoms with van der Waals surface area (Å²) < 4.78 is 11.3. The number of nitrogens with zero attached hydrogens (tertiary/aromatic N) is 2. The van der Waals surface area contributed by atoms with Crippen molar-refractivity contribution in [2.45, 2.75) is 39.8 Å². The zero-order chi connectivity index (χ0) is 21.8. The molecule has 30 heavy (non-hydrogen) atoms. The van der Waals surface area contributed by atoms with Crippen LogP contribution in [0.1, 0.15) is 33.3 Å². The van der Waals surface area contributed by atoms with Crippen LogP contribution < -0.4 is 20.7 Å². The first-order chi connectivity index (χ1) is 14.4. The molecule has 0 atom stereocenters. The van der Waals surface area contributed by atoms with Crippen LogP contribution in [0.15, 0.2) is 29.3 Å². The summed E-state index contributed by atoms with van der Waals surface area (Å²) in [6, 6.07) is 7.98. The Morgan fingerprint density at radius 2 is 2.00 bits per heavy atom. The van der Waals surface area contributed by atoms with Crippen molar-refractivity contribution in [3.8, 4) is 5.75 Å². The molecule has 1 aromatic rings. The molecule has 1 aromatic carbocycles. The fraction of sp³-hybridized carbons (Fsp3) is 0.636. The summed E-state index contributed by atoms with van der Waals surface area (Å²) in [6.45, 7) is 14.3. The second-order valence-electron chi connectivity index (χ2n) is 8.30. The molecule has 1 heterocycles. The van der Waals surface area contributed by atoms with Crippen LogP contribution in [-0.2, 0) is 16.1 Å². The standard InChI is InChI=1S/C22H37N5O3/c1-5-23-21(25-17-20(28)26-22(2,3)4)24-16-18-7-6-8-19(15-18)30-14-11-27-9-12-29-13-10-27/h6-8,15H,5,9-14,16-17H2,1-4H3,(H,26,28)(H2,23,24,25). The highest BCUT2D eigenvalue weighted by Crippen LogP contribution is 2.14. The normalized spacial score (nSPS) is 15.5. The van der Waals surface area contributed by atoms with Crippen molar-refractivity contribution in [1.82, 2.24) is 20.9 Å². The van der Waals surface area contributed by atoms with Crippen molar-refractivity contribution in [1.29, 1.82) is 0 Å². The second-order valence-corrected chi connectivity index (χ2v) is 8.30. The molecule has 8 heteroatoms. The highest BCUT2D eigenvalue weighted by molar-refractivity contribution is 5.86. The first kappa shape index (κ1) is 24.0. The molecule has 1 amide bonds. The maximum absolute atomic E-state index is 12.0. The Labute approximate surface area is 180 Å². The number of morpholine rings is 1. The van der Waals surface area contributed by atoms with Crippen molar-refractivity contribution in [2.75, 3.05) is 52.5 Å². The van der Waals surface area contributed by atoms with Crippen molar-refractivity contribution >= 4 is 11.9 Å². The smallest absolute Gasteiger partial charge is 0.239 e. The lowest BCUT2D eigenvalue weighted by atomic mass is 10.1. The maximum Gasteiger partial charge on any atom is 0.239 e. The summed E-state index contributed by atoms with van der Waals surface area (Å²) >= 11 is 0. The van der Waals surface area contributed by atoms with Gasteiger partial charge in [-0.2, -0.15) is 0 Å². The van der Waals surface area contributed by atoms with Gasteiger partial charge >= 0.3 is 0 Å². The Morgan fingerprint density at radius 3 is 2.70 bits per heavy atom. The Morgan fingerprint density at radius 1 is 1.23 bits per heavy atom. The van der Waals surface area contributed by atoms with Crippen LogP contribution in [0.2, 0.25) is 0 Å². The van der Waals surface area contributed by atoms with Crippen molar-refractivity contribution < 1.29 is 14.3 Å². The fourth-order valence-corrected chi connectivity index (χ4v) is 2.99. The lowest BCUT2D eigenvalue weighted by Gasteiger charge is -2.26. The van der Waals surface area contributed by atoms with Crippen LogP contribution >= 0.6 is 0 Å². The van der Waals surface area contributed by atoms with E-state index in [0.29, 0.717) is 19.1 Å². The summed E-state index contributed by atoms with van der Waals surface area (Å²) in [4.78, 5) is 19.0. The highest BCUT2D eigenvalue weighted by atomic mass is 16.5. The fourth-order valence-electron chi connectivity index (χ4n) is 2.99. The molecule has 1 fully saturated rings. The van der Waals surface area contributed by atoms with Crippen LogP contribution in [0, 0.1) is 0 Å². The van der Waals surface area contributed by atoms with Gasteiger partial charge in [-0.3, -0.25) is 9.69 Å². The summed E-state index contributed by atoms with van der Waals surface area (Å²) in [5, 5.41) is 9.18. The van der Waals surface area contributed by atoms with Crippen LogP contribution in [-0.4, -0.2) is 74.8 Å². The molecule has 168 valence electrons. The number of aliphatic imine (C=N–C) groups is 1. The largest absolute Gasteiger partial charge is 0.492 e. The van der Waals surface area contributed by atoms with Gasteiger partial charge in [-0.25, -0.2) is 4.99 Å². The van der Waals surface area contributed by atoms with E-state index in [0.717, 1.165) is 50.7 Å². The molecule has 0 aromatic heterocycles. The number of hydrogen-bond donors (Lipinski definition) is 3. The zero-order valence-corrected chi connectivity index (χ0v) is 18.8. The highest BCUT2D eigenvalue weighted by Gasteiger charge is 2.13. The van der Waals surface area contributed by atoms with Gasteiger partial charge in [-0.15, -0.1) is 0 Å². The SMILES string of the molecule is CCNC(=NCc1cccc(OCCN2CCOCC2)c1)NCC(=O)NC(C)(C)C. The topological polar surface area (TPSA) is 87.2 Å². The van der Waals surface area contributed by atoms with Gasteiger partial charge in [0, 0.05) is 31.7 Å². The van der Waals surface area contributed by atoms with Gasteiger partial charge in [0.2, 0.25) is 5.91 Å². The Hall–Kier alpha value is -2.32. The van der Waals surface area contributed by atoms with Gasteiger partial charge in [0.25, 0.3) is 0 Å². The molecular weight excluding hydrogens is 382 g/mol. The monoisotopic (exact) mass is 419 g/mol. The van der Waals surface area contributed by atoms with E-state index in [1.54, 1.807) is 0 Å². The number of carbonyl (C=O) groups is 1. The molecule has 0 radical (unpaired) electrons. The molecule has 3 N–H and O–H groups in total. The molecule has 0 spiro atoms. The minimum absolute atomic E-state index is 0.0660. The van der Waals surface area contributed by atoms with Gasteiger partial charge in [0.05, 0.1) is 26.3 Å². The third-order valence-corrected chi connectivity index (χ3v) is 4.37. The predicted octanol–water partition coefficient (Wildman–Crippen LogP) is 1.37. The summed E-state index contributed by atoms with van der Waals surface area (Å²) in [5.74, 6) is 1.39. The van der Waals surface area contributed by atoms with E-state index in [9.17, 15) is 4.79 Å². The summed E-state index contributed by atoms with van der Waals surface area (Å²) in [7, 11) is 0. The molecule has 2 rings (SSSR count). The minimum atomic E-state index is -0.254. The van der Waals surface area contributed by atoms with E-state index in [4.69, 9.17) is 9.47 Å². The first-order valence-corrected chi connectivity index (χ1v) is 10.7. The van der Waals surface area contributed by atoms with E-state index in [-0.39, 0.29) is 18.0 Å². The lowest BCUT2D eigenvalue weighted by Crippen LogP contribution is -2.48. The van der Waals surface area contributed by atoms with E-state index in [1.807, 2.05) is 52.0 Å². The predicted molar refractivity (Wildman–Crippen MR) is 120 cm³/mol. The zero-order valence-electron chi connectivity index (χ0n) is 18.8. The first-order valence-electron chi connectivity index (χ1n) is 10.7.